The Balaban J connectivity index is 2.28. The molecular weight excluding hydrogens is 279 g/mol. The number of rotatable bonds is 4. The Morgan fingerprint density at radius 3 is 2.38 bits per heavy atom. The van der Waals surface area contributed by atoms with E-state index in [2.05, 4.69) is 5.32 Å². The number of anilines is 1. The second kappa shape index (κ2) is 6.07. The second-order valence-corrected chi connectivity index (χ2v) is 5.35. The largest absolute Gasteiger partial charge is 0.480 e. The van der Waals surface area contributed by atoms with Crippen LogP contribution < -0.4 is 5.32 Å². The van der Waals surface area contributed by atoms with Crippen LogP contribution in [0.5, 0.6) is 0 Å². The number of non-ortho nitro benzene ring substituents is 1. The molecule has 6 nitrogen and oxygen atoms in total. The summed E-state index contributed by atoms with van der Waals surface area (Å²) < 4.78 is 13.9. The molecule has 1 fully saturated rings. The highest BCUT2D eigenvalue weighted by Crippen LogP contribution is 2.32. The number of carboxylic acid groups (broad SMARTS) is 1. The molecule has 0 atom stereocenters. The Morgan fingerprint density at radius 1 is 1.29 bits per heavy atom. The lowest BCUT2D eigenvalue weighted by molar-refractivity contribution is -0.385. The molecule has 2 rings (SSSR count). The highest BCUT2D eigenvalue weighted by molar-refractivity contribution is 5.83. The monoisotopic (exact) mass is 296 g/mol. The number of halogens is 1. The average Bonchev–Trinajstić information content (AvgIpc) is 2.67. The van der Waals surface area contributed by atoms with E-state index in [-0.39, 0.29) is 11.4 Å². The van der Waals surface area contributed by atoms with Gasteiger partial charge < -0.3 is 10.4 Å². The first-order valence-corrected chi connectivity index (χ1v) is 6.90. The summed E-state index contributed by atoms with van der Waals surface area (Å²) in [6.07, 6.45) is 4.26. The molecule has 2 N–H and O–H groups in total. The van der Waals surface area contributed by atoms with Gasteiger partial charge in [0.25, 0.3) is 5.69 Å². The highest BCUT2D eigenvalue weighted by atomic mass is 19.1. The van der Waals surface area contributed by atoms with Crippen LogP contribution in [0.4, 0.5) is 15.8 Å². The fourth-order valence-corrected chi connectivity index (χ4v) is 2.70. The van der Waals surface area contributed by atoms with Crippen molar-refractivity contribution in [1.29, 1.82) is 0 Å². The quantitative estimate of drug-likeness (QED) is 0.505. The van der Waals surface area contributed by atoms with Gasteiger partial charge in [-0.25, -0.2) is 9.18 Å². The molecule has 1 aliphatic rings. The highest BCUT2D eigenvalue weighted by Gasteiger charge is 2.39. The zero-order valence-electron chi connectivity index (χ0n) is 11.5. The predicted molar refractivity (Wildman–Crippen MR) is 74.7 cm³/mol. The lowest BCUT2D eigenvalue weighted by Crippen LogP contribution is -2.46. The van der Waals surface area contributed by atoms with E-state index < -0.39 is 22.2 Å². The Labute approximate surface area is 121 Å². The second-order valence-electron chi connectivity index (χ2n) is 5.35. The maximum Gasteiger partial charge on any atom is 0.329 e. The zero-order chi connectivity index (χ0) is 15.5. The third-order valence-corrected chi connectivity index (χ3v) is 3.90. The van der Waals surface area contributed by atoms with E-state index in [1.165, 1.54) is 6.07 Å². The van der Waals surface area contributed by atoms with Gasteiger partial charge >= 0.3 is 5.97 Å². The minimum Gasteiger partial charge on any atom is -0.480 e. The molecule has 0 aliphatic heterocycles. The maximum atomic E-state index is 13.9. The molecule has 0 heterocycles. The van der Waals surface area contributed by atoms with Gasteiger partial charge in [0.1, 0.15) is 5.54 Å². The molecule has 0 spiro atoms. The van der Waals surface area contributed by atoms with Gasteiger partial charge in [-0.05, 0) is 18.9 Å². The molecule has 1 aromatic carbocycles. The van der Waals surface area contributed by atoms with Crippen LogP contribution in [0.15, 0.2) is 18.2 Å². The molecule has 21 heavy (non-hydrogen) atoms. The van der Waals surface area contributed by atoms with E-state index in [9.17, 15) is 24.4 Å². The van der Waals surface area contributed by atoms with Crippen molar-refractivity contribution in [3.05, 3.63) is 34.1 Å². The summed E-state index contributed by atoms with van der Waals surface area (Å²) in [4.78, 5) is 21.5. The van der Waals surface area contributed by atoms with Crippen LogP contribution in [0.1, 0.15) is 38.5 Å². The molecule has 0 saturated heterocycles. The molecule has 1 aliphatic carbocycles. The summed E-state index contributed by atoms with van der Waals surface area (Å²) in [6, 6.07) is 3.19. The number of benzene rings is 1. The third-order valence-electron chi connectivity index (χ3n) is 3.90. The summed E-state index contributed by atoms with van der Waals surface area (Å²) >= 11 is 0. The van der Waals surface area contributed by atoms with Gasteiger partial charge in [-0.2, -0.15) is 0 Å². The van der Waals surface area contributed by atoms with Crippen LogP contribution in [0.3, 0.4) is 0 Å². The minimum absolute atomic E-state index is 0.00935. The van der Waals surface area contributed by atoms with Crippen molar-refractivity contribution >= 4 is 17.3 Å². The Hall–Kier alpha value is -2.18. The Bertz CT molecular complexity index is 554. The van der Waals surface area contributed by atoms with E-state index in [4.69, 9.17) is 0 Å². The van der Waals surface area contributed by atoms with Gasteiger partial charge in [-0.1, -0.05) is 25.7 Å². The number of nitro benzene ring substituents is 1. The molecule has 7 heteroatoms. The first-order valence-electron chi connectivity index (χ1n) is 6.90. The molecule has 0 amide bonds. The van der Waals surface area contributed by atoms with Crippen LogP contribution in [-0.2, 0) is 4.79 Å². The Kier molecular flexibility index (Phi) is 4.40. The fourth-order valence-electron chi connectivity index (χ4n) is 2.70. The number of carboxylic acids is 1. The van der Waals surface area contributed by atoms with Crippen molar-refractivity contribution in [1.82, 2.24) is 0 Å². The van der Waals surface area contributed by atoms with Crippen molar-refractivity contribution in [2.24, 2.45) is 0 Å². The standard InChI is InChI=1S/C14H17FN2O4/c15-11-9-10(17(20)21)5-6-12(11)16-14(13(18)19)7-3-1-2-4-8-14/h5-6,9,16H,1-4,7-8H2,(H,18,19). The van der Waals surface area contributed by atoms with Crippen molar-refractivity contribution in [2.75, 3.05) is 5.32 Å². The summed E-state index contributed by atoms with van der Waals surface area (Å²) in [5, 5.41) is 22.9. The lowest BCUT2D eigenvalue weighted by Gasteiger charge is -2.30. The van der Waals surface area contributed by atoms with Crippen molar-refractivity contribution in [3.63, 3.8) is 0 Å². The molecule has 0 radical (unpaired) electrons. The van der Waals surface area contributed by atoms with E-state index in [1.807, 2.05) is 0 Å². The molecule has 1 saturated carbocycles. The third kappa shape index (κ3) is 3.29. The average molecular weight is 296 g/mol. The normalized spacial score (nSPS) is 17.8. The van der Waals surface area contributed by atoms with Crippen LogP contribution in [0, 0.1) is 15.9 Å². The van der Waals surface area contributed by atoms with E-state index in [0.29, 0.717) is 12.8 Å². The van der Waals surface area contributed by atoms with Gasteiger partial charge in [0.05, 0.1) is 16.7 Å². The van der Waals surface area contributed by atoms with Gasteiger partial charge in [-0.3, -0.25) is 10.1 Å². The van der Waals surface area contributed by atoms with Crippen LogP contribution in [-0.4, -0.2) is 21.5 Å². The van der Waals surface area contributed by atoms with Gasteiger partial charge in [0.15, 0.2) is 5.82 Å². The van der Waals surface area contributed by atoms with Crippen molar-refractivity contribution in [3.8, 4) is 0 Å². The van der Waals surface area contributed by atoms with Crippen LogP contribution in [0.25, 0.3) is 0 Å². The minimum atomic E-state index is -1.20. The molecule has 114 valence electrons. The van der Waals surface area contributed by atoms with Gasteiger partial charge in [0, 0.05) is 6.07 Å². The SMILES string of the molecule is O=C(O)C1(Nc2ccc([N+](=O)[O-])cc2F)CCCCCC1. The predicted octanol–water partition coefficient (Wildman–Crippen LogP) is 3.32. The Morgan fingerprint density at radius 2 is 1.90 bits per heavy atom. The lowest BCUT2D eigenvalue weighted by atomic mass is 9.90. The van der Waals surface area contributed by atoms with E-state index in [0.717, 1.165) is 37.8 Å². The van der Waals surface area contributed by atoms with Gasteiger partial charge in [0.2, 0.25) is 0 Å². The smallest absolute Gasteiger partial charge is 0.329 e. The fraction of sp³-hybridized carbons (Fsp3) is 0.500. The van der Waals surface area contributed by atoms with Crippen molar-refractivity contribution in [2.45, 2.75) is 44.1 Å². The molecule has 0 bridgehead atoms. The summed E-state index contributed by atoms with van der Waals surface area (Å²) in [5.41, 5.74) is -1.57. The number of hydrogen-bond acceptors (Lipinski definition) is 4. The van der Waals surface area contributed by atoms with Crippen LogP contribution >= 0.6 is 0 Å². The summed E-state index contributed by atoms with van der Waals surface area (Å²) in [6.45, 7) is 0. The summed E-state index contributed by atoms with van der Waals surface area (Å²) in [7, 11) is 0. The first-order chi connectivity index (χ1) is 9.94. The number of carbonyl (C=O) groups is 1. The molecular formula is C14H17FN2O4. The number of nitro groups is 1. The number of nitrogens with zero attached hydrogens (tertiary/aromatic N) is 1. The van der Waals surface area contributed by atoms with Gasteiger partial charge in [-0.15, -0.1) is 0 Å². The van der Waals surface area contributed by atoms with E-state index >= 15 is 0 Å². The van der Waals surface area contributed by atoms with Crippen LogP contribution in [0.2, 0.25) is 0 Å². The summed E-state index contributed by atoms with van der Waals surface area (Å²) in [5.74, 6) is -1.82. The maximum absolute atomic E-state index is 13.9. The zero-order valence-corrected chi connectivity index (χ0v) is 11.5. The van der Waals surface area contributed by atoms with E-state index in [1.54, 1.807) is 0 Å². The number of hydrogen-bond donors (Lipinski definition) is 2. The van der Waals surface area contributed by atoms with Crippen molar-refractivity contribution < 1.29 is 19.2 Å². The number of nitrogens with one attached hydrogen (secondary N) is 1. The molecule has 0 unspecified atom stereocenters. The first kappa shape index (κ1) is 15.2. The number of aliphatic carboxylic acids is 1. The molecule has 0 aromatic heterocycles. The topological polar surface area (TPSA) is 92.5 Å². The molecule has 1 aromatic rings.